The second kappa shape index (κ2) is 6.44. The van der Waals surface area contributed by atoms with E-state index in [0.29, 0.717) is 5.69 Å². The van der Waals surface area contributed by atoms with Crippen LogP contribution in [-0.4, -0.2) is 26.1 Å². The van der Waals surface area contributed by atoms with Crippen molar-refractivity contribution in [2.45, 2.75) is 6.92 Å². The molecule has 0 fully saturated rings. The minimum Gasteiger partial charge on any atom is -0.489 e. The molecule has 1 amide bonds. The Bertz CT molecular complexity index is 453. The maximum Gasteiger partial charge on any atom is 0.374 e. The largest absolute Gasteiger partial charge is 0.489 e. The van der Waals surface area contributed by atoms with Crippen LogP contribution in [-0.2, 0) is 19.1 Å². The SMILES string of the molecule is COC(=O)/C(=C/N(C(C)=O)c1ccccc1)OC. The van der Waals surface area contributed by atoms with E-state index >= 15 is 0 Å². The molecule has 0 aliphatic heterocycles. The van der Waals surface area contributed by atoms with Crippen molar-refractivity contribution >= 4 is 17.6 Å². The van der Waals surface area contributed by atoms with Gasteiger partial charge in [0.2, 0.25) is 11.7 Å². The number of anilines is 1. The summed E-state index contributed by atoms with van der Waals surface area (Å²) >= 11 is 0. The molecular formula is C13H15NO4. The predicted octanol–water partition coefficient (Wildman–Crippen LogP) is 1.70. The summed E-state index contributed by atoms with van der Waals surface area (Å²) in [6.45, 7) is 1.40. The Morgan fingerprint density at radius 1 is 1.11 bits per heavy atom. The number of para-hydroxylation sites is 1. The van der Waals surface area contributed by atoms with Gasteiger partial charge in [0.25, 0.3) is 0 Å². The van der Waals surface area contributed by atoms with Crippen molar-refractivity contribution in [2.75, 3.05) is 19.1 Å². The van der Waals surface area contributed by atoms with E-state index in [4.69, 9.17) is 4.74 Å². The summed E-state index contributed by atoms with van der Waals surface area (Å²) in [7, 11) is 2.59. The molecule has 5 nitrogen and oxygen atoms in total. The number of carbonyl (C=O) groups is 2. The number of hydrogen-bond acceptors (Lipinski definition) is 4. The quantitative estimate of drug-likeness (QED) is 0.463. The van der Waals surface area contributed by atoms with Gasteiger partial charge in [-0.2, -0.15) is 0 Å². The summed E-state index contributed by atoms with van der Waals surface area (Å²) in [5.41, 5.74) is 0.642. The van der Waals surface area contributed by atoms with Gasteiger partial charge in [-0.3, -0.25) is 9.69 Å². The third-order valence-electron chi connectivity index (χ3n) is 2.23. The molecular weight excluding hydrogens is 234 g/mol. The van der Waals surface area contributed by atoms with E-state index in [9.17, 15) is 9.59 Å². The van der Waals surface area contributed by atoms with Crippen molar-refractivity contribution in [1.82, 2.24) is 0 Å². The fourth-order valence-electron chi connectivity index (χ4n) is 1.34. The van der Waals surface area contributed by atoms with Crippen molar-refractivity contribution in [3.63, 3.8) is 0 Å². The van der Waals surface area contributed by atoms with Crippen LogP contribution in [0.3, 0.4) is 0 Å². The fourth-order valence-corrected chi connectivity index (χ4v) is 1.34. The predicted molar refractivity (Wildman–Crippen MR) is 66.7 cm³/mol. The molecule has 0 bridgehead atoms. The van der Waals surface area contributed by atoms with E-state index in [1.54, 1.807) is 24.3 Å². The number of carbonyl (C=O) groups excluding carboxylic acids is 2. The number of rotatable bonds is 4. The van der Waals surface area contributed by atoms with E-state index in [0.717, 1.165) is 0 Å². The molecule has 1 rings (SSSR count). The smallest absolute Gasteiger partial charge is 0.374 e. The topological polar surface area (TPSA) is 55.8 Å². The van der Waals surface area contributed by atoms with Crippen LogP contribution < -0.4 is 4.90 Å². The average Bonchev–Trinajstić information content (AvgIpc) is 2.39. The van der Waals surface area contributed by atoms with Gasteiger partial charge in [0.05, 0.1) is 20.4 Å². The van der Waals surface area contributed by atoms with Crippen LogP contribution >= 0.6 is 0 Å². The highest BCUT2D eigenvalue weighted by Gasteiger charge is 2.15. The molecule has 0 spiro atoms. The molecule has 0 aromatic heterocycles. The molecule has 18 heavy (non-hydrogen) atoms. The van der Waals surface area contributed by atoms with Crippen molar-refractivity contribution in [1.29, 1.82) is 0 Å². The molecule has 0 atom stereocenters. The van der Waals surface area contributed by atoms with Crippen LogP contribution in [0.4, 0.5) is 5.69 Å². The normalized spacial score (nSPS) is 10.7. The Morgan fingerprint density at radius 3 is 2.17 bits per heavy atom. The Kier molecular flexibility index (Phi) is 4.92. The molecule has 0 saturated heterocycles. The lowest BCUT2D eigenvalue weighted by Crippen LogP contribution is -2.24. The third kappa shape index (κ3) is 3.35. The van der Waals surface area contributed by atoms with Crippen molar-refractivity contribution in [3.05, 3.63) is 42.3 Å². The Labute approximate surface area is 106 Å². The highest BCUT2D eigenvalue weighted by Crippen LogP contribution is 2.15. The van der Waals surface area contributed by atoms with Gasteiger partial charge in [-0.05, 0) is 12.1 Å². The van der Waals surface area contributed by atoms with Crippen molar-refractivity contribution in [2.24, 2.45) is 0 Å². The molecule has 96 valence electrons. The summed E-state index contributed by atoms with van der Waals surface area (Å²) in [5, 5.41) is 0. The lowest BCUT2D eigenvalue weighted by molar-refractivity contribution is -0.139. The second-order valence-electron chi connectivity index (χ2n) is 3.41. The molecule has 0 aliphatic rings. The number of ether oxygens (including phenoxy) is 2. The van der Waals surface area contributed by atoms with Crippen LogP contribution in [0.1, 0.15) is 6.92 Å². The molecule has 0 heterocycles. The molecule has 1 aromatic rings. The fraction of sp³-hybridized carbons (Fsp3) is 0.231. The molecule has 0 aliphatic carbocycles. The summed E-state index contributed by atoms with van der Waals surface area (Å²) in [6, 6.07) is 8.93. The monoisotopic (exact) mass is 249 g/mol. The van der Waals surface area contributed by atoms with E-state index in [-0.39, 0.29) is 11.7 Å². The second-order valence-corrected chi connectivity index (χ2v) is 3.41. The standard InChI is InChI=1S/C13H15NO4/c1-10(15)14(11-7-5-4-6-8-11)9-12(17-2)13(16)18-3/h4-9H,1-3H3/b12-9-. The average molecular weight is 249 g/mol. The zero-order valence-electron chi connectivity index (χ0n) is 10.5. The van der Waals surface area contributed by atoms with Crippen LogP contribution in [0.5, 0.6) is 0 Å². The number of amides is 1. The van der Waals surface area contributed by atoms with Gasteiger partial charge in [-0.25, -0.2) is 4.79 Å². The van der Waals surface area contributed by atoms with E-state index in [2.05, 4.69) is 4.74 Å². The lowest BCUT2D eigenvalue weighted by atomic mass is 10.3. The van der Waals surface area contributed by atoms with Gasteiger partial charge >= 0.3 is 5.97 Å². The van der Waals surface area contributed by atoms with Crippen LogP contribution in [0.25, 0.3) is 0 Å². The van der Waals surface area contributed by atoms with Gasteiger partial charge in [0.1, 0.15) is 0 Å². The van der Waals surface area contributed by atoms with Crippen LogP contribution in [0.15, 0.2) is 42.3 Å². The van der Waals surface area contributed by atoms with E-state index in [1.807, 2.05) is 6.07 Å². The first kappa shape index (κ1) is 13.8. The van der Waals surface area contributed by atoms with E-state index in [1.165, 1.54) is 32.2 Å². The van der Waals surface area contributed by atoms with E-state index < -0.39 is 5.97 Å². The Balaban J connectivity index is 3.11. The first-order chi connectivity index (χ1) is 8.60. The molecule has 5 heteroatoms. The zero-order valence-corrected chi connectivity index (χ0v) is 10.5. The lowest BCUT2D eigenvalue weighted by Gasteiger charge is -2.17. The summed E-state index contributed by atoms with van der Waals surface area (Å²) in [5.74, 6) is -0.920. The van der Waals surface area contributed by atoms with Crippen molar-refractivity contribution < 1.29 is 19.1 Å². The van der Waals surface area contributed by atoms with Gasteiger partial charge < -0.3 is 9.47 Å². The van der Waals surface area contributed by atoms with Gasteiger partial charge in [0.15, 0.2) is 0 Å². The molecule has 1 aromatic carbocycles. The molecule has 0 N–H and O–H groups in total. The number of esters is 1. The minimum atomic E-state index is -0.639. The van der Waals surface area contributed by atoms with Gasteiger partial charge in [-0.1, -0.05) is 18.2 Å². The van der Waals surface area contributed by atoms with Crippen molar-refractivity contribution in [3.8, 4) is 0 Å². The van der Waals surface area contributed by atoms with Crippen LogP contribution in [0, 0.1) is 0 Å². The van der Waals surface area contributed by atoms with Crippen LogP contribution in [0.2, 0.25) is 0 Å². The highest BCUT2D eigenvalue weighted by atomic mass is 16.6. The maximum atomic E-state index is 11.6. The zero-order chi connectivity index (χ0) is 13.5. The number of methoxy groups -OCH3 is 2. The molecule has 0 unspecified atom stereocenters. The molecule has 0 saturated carbocycles. The number of nitrogens with zero attached hydrogens (tertiary/aromatic N) is 1. The van der Waals surface area contributed by atoms with Gasteiger partial charge in [-0.15, -0.1) is 0 Å². The number of hydrogen-bond donors (Lipinski definition) is 0. The summed E-state index contributed by atoms with van der Waals surface area (Å²) in [4.78, 5) is 24.3. The highest BCUT2D eigenvalue weighted by molar-refractivity contribution is 5.96. The first-order valence-corrected chi connectivity index (χ1v) is 5.29. The van der Waals surface area contributed by atoms with Gasteiger partial charge in [0, 0.05) is 12.6 Å². The minimum absolute atomic E-state index is 0.0449. The summed E-state index contributed by atoms with van der Waals surface area (Å²) in [6.07, 6.45) is 1.31. The Hall–Kier alpha value is -2.30. The summed E-state index contributed by atoms with van der Waals surface area (Å²) < 4.78 is 9.45. The first-order valence-electron chi connectivity index (χ1n) is 5.29. The Morgan fingerprint density at radius 2 is 1.72 bits per heavy atom. The maximum absolute atomic E-state index is 11.6. The molecule has 0 radical (unpaired) electrons. The number of benzene rings is 1. The third-order valence-corrected chi connectivity index (χ3v) is 2.23.